The van der Waals surface area contributed by atoms with E-state index in [1.165, 1.54) is 38.1 Å². The van der Waals surface area contributed by atoms with E-state index in [0.717, 1.165) is 31.5 Å². The van der Waals surface area contributed by atoms with Gasteiger partial charge in [-0.15, -0.1) is 0 Å². The van der Waals surface area contributed by atoms with Crippen molar-refractivity contribution in [2.24, 2.45) is 0 Å². The first-order valence-corrected chi connectivity index (χ1v) is 7.98. The maximum atomic E-state index is 13.2. The number of nitrogens with zero attached hydrogens (tertiary/aromatic N) is 2. The first-order chi connectivity index (χ1) is 10.2. The van der Waals surface area contributed by atoms with Gasteiger partial charge in [0.05, 0.1) is 6.42 Å². The zero-order chi connectivity index (χ0) is 14.7. The van der Waals surface area contributed by atoms with E-state index in [-0.39, 0.29) is 11.7 Å². The molecule has 3 nitrogen and oxygen atoms in total. The van der Waals surface area contributed by atoms with Crippen LogP contribution in [0.2, 0.25) is 0 Å². The van der Waals surface area contributed by atoms with Crippen LogP contribution in [0.3, 0.4) is 0 Å². The highest BCUT2D eigenvalue weighted by Crippen LogP contribution is 2.21. The van der Waals surface area contributed by atoms with Gasteiger partial charge in [-0.2, -0.15) is 0 Å². The minimum Gasteiger partial charge on any atom is -0.338 e. The summed E-state index contributed by atoms with van der Waals surface area (Å²) in [4.78, 5) is 17.0. The summed E-state index contributed by atoms with van der Waals surface area (Å²) in [5, 5.41) is 0. The molecule has 1 aromatic carbocycles. The van der Waals surface area contributed by atoms with Crippen LogP contribution in [0.1, 0.15) is 31.2 Å². The molecule has 2 fully saturated rings. The van der Waals surface area contributed by atoms with Gasteiger partial charge in [-0.3, -0.25) is 4.79 Å². The fraction of sp³-hybridized carbons (Fsp3) is 0.588. The maximum Gasteiger partial charge on any atom is 0.227 e. The van der Waals surface area contributed by atoms with Gasteiger partial charge >= 0.3 is 0 Å². The molecule has 2 heterocycles. The summed E-state index contributed by atoms with van der Waals surface area (Å²) in [5.74, 6) is -0.127. The van der Waals surface area contributed by atoms with Crippen molar-refractivity contribution >= 4 is 5.91 Å². The molecule has 2 saturated heterocycles. The molecule has 2 aliphatic rings. The second-order valence-corrected chi connectivity index (χ2v) is 6.20. The Morgan fingerprint density at radius 1 is 1.19 bits per heavy atom. The molecule has 21 heavy (non-hydrogen) atoms. The van der Waals surface area contributed by atoms with Gasteiger partial charge < -0.3 is 9.80 Å². The second kappa shape index (κ2) is 6.56. The number of halogens is 1. The van der Waals surface area contributed by atoms with Crippen molar-refractivity contribution in [3.05, 3.63) is 35.6 Å². The van der Waals surface area contributed by atoms with E-state index in [9.17, 15) is 9.18 Å². The summed E-state index contributed by atoms with van der Waals surface area (Å²) in [5.41, 5.74) is 0.770. The van der Waals surface area contributed by atoms with Gasteiger partial charge in [0.25, 0.3) is 0 Å². The minimum absolute atomic E-state index is 0.141. The van der Waals surface area contributed by atoms with Crippen LogP contribution in [-0.2, 0) is 11.2 Å². The molecule has 3 rings (SSSR count). The van der Waals surface area contributed by atoms with Gasteiger partial charge in [-0.25, -0.2) is 4.39 Å². The van der Waals surface area contributed by atoms with Crippen LogP contribution in [0.4, 0.5) is 4.39 Å². The van der Waals surface area contributed by atoms with Crippen LogP contribution in [0.15, 0.2) is 24.3 Å². The largest absolute Gasteiger partial charge is 0.338 e. The van der Waals surface area contributed by atoms with Gasteiger partial charge in [0.1, 0.15) is 5.82 Å². The van der Waals surface area contributed by atoms with E-state index in [1.807, 2.05) is 11.0 Å². The smallest absolute Gasteiger partial charge is 0.227 e. The molecule has 0 N–H and O–H groups in total. The van der Waals surface area contributed by atoms with Crippen molar-refractivity contribution in [3.8, 4) is 0 Å². The Balaban J connectivity index is 1.60. The topological polar surface area (TPSA) is 23.6 Å². The minimum atomic E-state index is -0.268. The van der Waals surface area contributed by atoms with E-state index in [4.69, 9.17) is 0 Å². The highest BCUT2D eigenvalue weighted by Gasteiger charge is 2.30. The number of hydrogen-bond donors (Lipinski definition) is 0. The Hall–Kier alpha value is -1.42. The SMILES string of the molecule is O=C(Cc1cccc(F)c1)N1CCC[C@H]1CN1CCCC1. The number of rotatable bonds is 4. The average Bonchev–Trinajstić information content (AvgIpc) is 3.10. The molecule has 0 radical (unpaired) electrons. The Labute approximate surface area is 125 Å². The van der Waals surface area contributed by atoms with E-state index < -0.39 is 0 Å². The highest BCUT2D eigenvalue weighted by molar-refractivity contribution is 5.79. The summed E-state index contributed by atoms with van der Waals surface area (Å²) in [7, 11) is 0. The molecule has 1 amide bonds. The zero-order valence-corrected chi connectivity index (χ0v) is 12.4. The van der Waals surface area contributed by atoms with E-state index in [1.54, 1.807) is 6.07 Å². The van der Waals surface area contributed by atoms with Crippen molar-refractivity contribution in [3.63, 3.8) is 0 Å². The lowest BCUT2D eigenvalue weighted by molar-refractivity contribution is -0.131. The number of likely N-dealkylation sites (tertiary alicyclic amines) is 2. The van der Waals surface area contributed by atoms with E-state index in [0.29, 0.717) is 12.5 Å². The lowest BCUT2D eigenvalue weighted by atomic mass is 10.1. The molecular formula is C17H23FN2O. The molecule has 0 saturated carbocycles. The van der Waals surface area contributed by atoms with Crippen LogP contribution < -0.4 is 0 Å². The zero-order valence-electron chi connectivity index (χ0n) is 12.4. The molecule has 0 unspecified atom stereocenters. The fourth-order valence-electron chi connectivity index (χ4n) is 3.54. The van der Waals surface area contributed by atoms with E-state index in [2.05, 4.69) is 4.90 Å². The van der Waals surface area contributed by atoms with Crippen molar-refractivity contribution in [1.29, 1.82) is 0 Å². The van der Waals surface area contributed by atoms with Gasteiger partial charge in [0.2, 0.25) is 5.91 Å². The van der Waals surface area contributed by atoms with Gasteiger partial charge in [-0.1, -0.05) is 12.1 Å². The lowest BCUT2D eigenvalue weighted by Crippen LogP contribution is -2.43. The first-order valence-electron chi connectivity index (χ1n) is 7.98. The quantitative estimate of drug-likeness (QED) is 0.850. The summed E-state index contributed by atoms with van der Waals surface area (Å²) in [6, 6.07) is 6.73. The van der Waals surface area contributed by atoms with Crippen molar-refractivity contribution < 1.29 is 9.18 Å². The van der Waals surface area contributed by atoms with Gasteiger partial charge in [0.15, 0.2) is 0 Å². The molecule has 1 aromatic rings. The van der Waals surface area contributed by atoms with Crippen LogP contribution in [0, 0.1) is 5.82 Å². The molecule has 4 heteroatoms. The Bertz CT molecular complexity index is 499. The van der Waals surface area contributed by atoms with Gasteiger partial charge in [0, 0.05) is 19.1 Å². The molecular weight excluding hydrogens is 267 g/mol. The van der Waals surface area contributed by atoms with Crippen molar-refractivity contribution in [1.82, 2.24) is 9.80 Å². The molecule has 1 atom stereocenters. The molecule has 0 aromatic heterocycles. The van der Waals surface area contributed by atoms with Crippen LogP contribution in [0.5, 0.6) is 0 Å². The molecule has 2 aliphatic heterocycles. The van der Waals surface area contributed by atoms with Crippen LogP contribution in [0.25, 0.3) is 0 Å². The highest BCUT2D eigenvalue weighted by atomic mass is 19.1. The molecule has 0 bridgehead atoms. The Morgan fingerprint density at radius 3 is 2.76 bits per heavy atom. The van der Waals surface area contributed by atoms with Crippen molar-refractivity contribution in [2.75, 3.05) is 26.2 Å². The summed E-state index contributed by atoms with van der Waals surface area (Å²) >= 11 is 0. The number of amides is 1. The first kappa shape index (κ1) is 14.5. The van der Waals surface area contributed by atoms with Crippen molar-refractivity contribution in [2.45, 2.75) is 38.1 Å². The van der Waals surface area contributed by atoms with Crippen LogP contribution >= 0.6 is 0 Å². The third-order valence-corrected chi connectivity index (χ3v) is 4.61. The average molecular weight is 290 g/mol. The van der Waals surface area contributed by atoms with Gasteiger partial charge in [-0.05, 0) is 56.5 Å². The molecule has 0 aliphatic carbocycles. The number of carbonyl (C=O) groups is 1. The third kappa shape index (κ3) is 3.62. The summed E-state index contributed by atoms with van der Waals surface area (Å²) < 4.78 is 13.2. The lowest BCUT2D eigenvalue weighted by Gasteiger charge is -2.28. The van der Waals surface area contributed by atoms with Crippen LogP contribution in [-0.4, -0.2) is 47.9 Å². The monoisotopic (exact) mass is 290 g/mol. The standard InChI is InChI=1S/C17H23FN2O/c18-15-6-3-5-14(11-15)12-17(21)20-10-4-7-16(20)13-19-8-1-2-9-19/h3,5-6,11,16H,1-2,4,7-10,12-13H2/t16-/m0/s1. The molecule has 0 spiro atoms. The predicted octanol–water partition coefficient (Wildman–Crippen LogP) is 2.46. The number of benzene rings is 1. The number of hydrogen-bond acceptors (Lipinski definition) is 2. The predicted molar refractivity (Wildman–Crippen MR) is 80.5 cm³/mol. The third-order valence-electron chi connectivity index (χ3n) is 4.61. The Morgan fingerprint density at radius 2 is 2.00 bits per heavy atom. The van der Waals surface area contributed by atoms with E-state index >= 15 is 0 Å². The fourth-order valence-corrected chi connectivity index (χ4v) is 3.54. The maximum absolute atomic E-state index is 13.2. The second-order valence-electron chi connectivity index (χ2n) is 6.20. The Kier molecular flexibility index (Phi) is 4.54. The number of carbonyl (C=O) groups excluding carboxylic acids is 1. The summed E-state index contributed by atoms with van der Waals surface area (Å²) in [6.07, 6.45) is 5.07. The normalized spacial score (nSPS) is 22.9. The molecule has 114 valence electrons. The summed E-state index contributed by atoms with van der Waals surface area (Å²) in [6.45, 7) is 4.20.